The first kappa shape index (κ1) is 14.4. The summed E-state index contributed by atoms with van der Waals surface area (Å²) in [6.07, 6.45) is 0. The Morgan fingerprint density at radius 3 is 2.47 bits per heavy atom. The van der Waals surface area contributed by atoms with Crippen LogP contribution >= 0.6 is 34.8 Å². The van der Waals surface area contributed by atoms with Crippen molar-refractivity contribution in [3.8, 4) is 0 Å². The topological polar surface area (TPSA) is 38.3 Å². The molecule has 17 heavy (non-hydrogen) atoms. The molecule has 0 spiro atoms. The Labute approximate surface area is 115 Å². The number of rotatable bonds is 4. The number of hydrogen-bond acceptors (Lipinski definition) is 3. The zero-order valence-corrected chi connectivity index (χ0v) is 11.7. The van der Waals surface area contributed by atoms with Crippen LogP contribution in [0.25, 0.3) is 0 Å². The van der Waals surface area contributed by atoms with Gasteiger partial charge in [-0.05, 0) is 26.0 Å². The van der Waals surface area contributed by atoms with Crippen molar-refractivity contribution >= 4 is 46.5 Å². The van der Waals surface area contributed by atoms with Crippen LogP contribution in [0.15, 0.2) is 12.1 Å². The Kier molecular flexibility index (Phi) is 5.37. The summed E-state index contributed by atoms with van der Waals surface area (Å²) in [5, 5.41) is 4.05. The van der Waals surface area contributed by atoms with Gasteiger partial charge in [0, 0.05) is 0 Å². The van der Waals surface area contributed by atoms with E-state index in [4.69, 9.17) is 39.5 Å². The van der Waals surface area contributed by atoms with E-state index in [2.05, 4.69) is 5.32 Å². The van der Waals surface area contributed by atoms with Crippen molar-refractivity contribution in [2.24, 2.45) is 0 Å². The second-order valence-electron chi connectivity index (χ2n) is 3.36. The second-order valence-corrected chi connectivity index (χ2v) is 4.59. The van der Waals surface area contributed by atoms with Crippen LogP contribution in [0.4, 0.5) is 5.69 Å². The van der Waals surface area contributed by atoms with E-state index in [1.165, 1.54) is 6.07 Å². The molecule has 0 aliphatic carbocycles. The van der Waals surface area contributed by atoms with Crippen LogP contribution < -0.4 is 5.32 Å². The van der Waals surface area contributed by atoms with Gasteiger partial charge in [-0.2, -0.15) is 0 Å². The van der Waals surface area contributed by atoms with Crippen LogP contribution in [-0.2, 0) is 9.53 Å². The van der Waals surface area contributed by atoms with Gasteiger partial charge in [-0.25, -0.2) is 4.79 Å². The highest BCUT2D eigenvalue weighted by atomic mass is 35.5. The average Bonchev–Trinajstić information content (AvgIpc) is 2.26. The molecule has 1 atom stereocenters. The van der Waals surface area contributed by atoms with Gasteiger partial charge in [0.25, 0.3) is 0 Å². The van der Waals surface area contributed by atoms with Gasteiger partial charge in [-0.3, -0.25) is 0 Å². The number of carbonyl (C=O) groups is 1. The van der Waals surface area contributed by atoms with E-state index < -0.39 is 6.04 Å². The average molecular weight is 297 g/mol. The first-order valence-electron chi connectivity index (χ1n) is 5.03. The predicted octanol–water partition coefficient (Wildman–Crippen LogP) is 4.01. The van der Waals surface area contributed by atoms with Crippen LogP contribution in [0.2, 0.25) is 15.1 Å². The Balaban J connectivity index is 2.81. The number of esters is 1. The largest absolute Gasteiger partial charge is 0.464 e. The van der Waals surface area contributed by atoms with E-state index in [1.54, 1.807) is 19.9 Å². The van der Waals surface area contributed by atoms with E-state index in [0.717, 1.165) is 0 Å². The summed E-state index contributed by atoms with van der Waals surface area (Å²) in [6.45, 7) is 3.76. The fourth-order valence-electron chi connectivity index (χ4n) is 1.19. The van der Waals surface area contributed by atoms with Crippen molar-refractivity contribution in [2.75, 3.05) is 11.9 Å². The van der Waals surface area contributed by atoms with Crippen LogP contribution in [-0.4, -0.2) is 18.6 Å². The standard InChI is InChI=1S/C11H12Cl3NO2/c1-3-17-11(16)6(2)15-10-5-8(13)7(12)4-9(10)14/h4-6,15H,3H2,1-2H3. The zero-order valence-electron chi connectivity index (χ0n) is 9.39. The molecule has 1 aromatic carbocycles. The van der Waals surface area contributed by atoms with Gasteiger partial charge >= 0.3 is 5.97 Å². The number of nitrogens with one attached hydrogen (secondary N) is 1. The molecule has 0 amide bonds. The van der Waals surface area contributed by atoms with E-state index in [0.29, 0.717) is 27.4 Å². The molecular formula is C11H12Cl3NO2. The Morgan fingerprint density at radius 1 is 1.29 bits per heavy atom. The van der Waals surface area contributed by atoms with E-state index in [-0.39, 0.29) is 5.97 Å². The lowest BCUT2D eigenvalue weighted by Gasteiger charge is -2.15. The molecular weight excluding hydrogens is 284 g/mol. The van der Waals surface area contributed by atoms with Crippen molar-refractivity contribution in [2.45, 2.75) is 19.9 Å². The fourth-order valence-corrected chi connectivity index (χ4v) is 1.79. The Morgan fingerprint density at radius 2 is 1.88 bits per heavy atom. The maximum Gasteiger partial charge on any atom is 0.328 e. The lowest BCUT2D eigenvalue weighted by molar-refractivity contribution is -0.143. The highest BCUT2D eigenvalue weighted by molar-refractivity contribution is 6.44. The molecule has 1 aromatic rings. The normalized spacial score (nSPS) is 12.1. The first-order valence-corrected chi connectivity index (χ1v) is 6.16. The number of halogens is 3. The maximum absolute atomic E-state index is 11.4. The molecule has 0 saturated carbocycles. The summed E-state index contributed by atoms with van der Waals surface area (Å²) in [6, 6.07) is 2.58. The SMILES string of the molecule is CCOC(=O)C(C)Nc1cc(Cl)c(Cl)cc1Cl. The summed E-state index contributed by atoms with van der Waals surface area (Å²) >= 11 is 17.6. The van der Waals surface area contributed by atoms with Gasteiger partial charge in [0.15, 0.2) is 0 Å². The summed E-state index contributed by atoms with van der Waals surface area (Å²) in [5.74, 6) is -0.352. The van der Waals surface area contributed by atoms with Crippen LogP contribution in [0.3, 0.4) is 0 Å². The highest BCUT2D eigenvalue weighted by Gasteiger charge is 2.15. The van der Waals surface area contributed by atoms with Crippen LogP contribution in [0.1, 0.15) is 13.8 Å². The summed E-state index contributed by atoms with van der Waals surface area (Å²) in [4.78, 5) is 11.4. The van der Waals surface area contributed by atoms with Gasteiger partial charge < -0.3 is 10.1 Å². The van der Waals surface area contributed by atoms with Crippen molar-refractivity contribution in [1.29, 1.82) is 0 Å². The minimum Gasteiger partial charge on any atom is -0.464 e. The third kappa shape index (κ3) is 3.95. The van der Waals surface area contributed by atoms with Crippen molar-refractivity contribution in [3.63, 3.8) is 0 Å². The lowest BCUT2D eigenvalue weighted by Crippen LogP contribution is -2.28. The third-order valence-electron chi connectivity index (χ3n) is 2.02. The summed E-state index contributed by atoms with van der Waals surface area (Å²) in [5.41, 5.74) is 0.543. The third-order valence-corrected chi connectivity index (χ3v) is 3.06. The molecule has 6 heteroatoms. The predicted molar refractivity (Wildman–Crippen MR) is 71.2 cm³/mol. The molecule has 0 bridgehead atoms. The fraction of sp³-hybridized carbons (Fsp3) is 0.364. The summed E-state index contributed by atoms with van der Waals surface area (Å²) in [7, 11) is 0. The van der Waals surface area contributed by atoms with E-state index in [9.17, 15) is 4.79 Å². The highest BCUT2D eigenvalue weighted by Crippen LogP contribution is 2.32. The Hall–Kier alpha value is -0.640. The number of benzene rings is 1. The van der Waals surface area contributed by atoms with Crippen LogP contribution in [0, 0.1) is 0 Å². The molecule has 0 aliphatic rings. The quantitative estimate of drug-likeness (QED) is 0.674. The van der Waals surface area contributed by atoms with Crippen LogP contribution in [0.5, 0.6) is 0 Å². The van der Waals surface area contributed by atoms with Gasteiger partial charge in [0.2, 0.25) is 0 Å². The van der Waals surface area contributed by atoms with E-state index >= 15 is 0 Å². The molecule has 1 unspecified atom stereocenters. The Bertz CT molecular complexity index is 423. The van der Waals surface area contributed by atoms with Gasteiger partial charge in [0.05, 0.1) is 27.4 Å². The molecule has 1 N–H and O–H groups in total. The number of hydrogen-bond donors (Lipinski definition) is 1. The number of anilines is 1. The van der Waals surface area contributed by atoms with Gasteiger partial charge in [0.1, 0.15) is 6.04 Å². The van der Waals surface area contributed by atoms with Gasteiger partial charge in [-0.15, -0.1) is 0 Å². The minimum atomic E-state index is -0.510. The minimum absolute atomic E-state index is 0.333. The molecule has 0 heterocycles. The molecule has 94 valence electrons. The monoisotopic (exact) mass is 295 g/mol. The molecule has 0 saturated heterocycles. The second kappa shape index (κ2) is 6.34. The number of carbonyl (C=O) groups excluding carboxylic acids is 1. The molecule has 0 aromatic heterocycles. The first-order chi connectivity index (χ1) is 7.95. The maximum atomic E-state index is 11.4. The molecule has 0 radical (unpaired) electrons. The summed E-state index contributed by atoms with van der Waals surface area (Å²) < 4.78 is 4.87. The zero-order chi connectivity index (χ0) is 13.0. The molecule has 0 fully saturated rings. The molecule has 1 rings (SSSR count). The smallest absolute Gasteiger partial charge is 0.328 e. The molecule has 0 aliphatic heterocycles. The molecule has 3 nitrogen and oxygen atoms in total. The van der Waals surface area contributed by atoms with Crippen molar-refractivity contribution < 1.29 is 9.53 Å². The van der Waals surface area contributed by atoms with E-state index in [1.807, 2.05) is 0 Å². The van der Waals surface area contributed by atoms with Crippen molar-refractivity contribution in [1.82, 2.24) is 0 Å². The lowest BCUT2D eigenvalue weighted by atomic mass is 10.2. The van der Waals surface area contributed by atoms with Gasteiger partial charge in [-0.1, -0.05) is 34.8 Å². The van der Waals surface area contributed by atoms with Crippen molar-refractivity contribution in [3.05, 3.63) is 27.2 Å². The number of ether oxygens (including phenoxy) is 1.